The van der Waals surface area contributed by atoms with Crippen LogP contribution in [0.5, 0.6) is 0 Å². The largest absolute Gasteiger partial charge is 1.00 e. The van der Waals surface area contributed by atoms with Gasteiger partial charge in [-0.05, 0) is 19.4 Å². The summed E-state index contributed by atoms with van der Waals surface area (Å²) in [6, 6.07) is 0. The summed E-state index contributed by atoms with van der Waals surface area (Å²) < 4.78 is 0. The number of aliphatic hydroxyl groups is 1. The van der Waals surface area contributed by atoms with Crippen LogP contribution in [0, 0.1) is 0 Å². The Morgan fingerprint density at radius 1 is 1.46 bits per heavy atom. The van der Waals surface area contributed by atoms with Gasteiger partial charge in [0.1, 0.15) is 0 Å². The predicted molar refractivity (Wildman–Crippen MR) is 35.9 cm³/mol. The van der Waals surface area contributed by atoms with Crippen LogP contribution >= 0.6 is 0 Å². The Hall–Kier alpha value is -0.543. The Bertz CT molecular complexity index is 181. The molecule has 0 rings (SSSR count). The third-order valence-electron chi connectivity index (χ3n) is 1.43. The Morgan fingerprint density at radius 3 is 2.15 bits per heavy atom. The van der Waals surface area contributed by atoms with E-state index in [4.69, 9.17) is 15.9 Å². The average molecular weight is 183 g/mol. The first-order chi connectivity index (χ1) is 5.45. The molecule has 0 fully saturated rings. The Balaban J connectivity index is 0. The molecule has 1 atom stereocenters. The molecule has 0 spiro atoms. The molecule has 0 aromatic heterocycles. The first-order valence-electron chi connectivity index (χ1n) is 3.32. The summed E-state index contributed by atoms with van der Waals surface area (Å²) in [5, 5.41) is 27.5. The van der Waals surface area contributed by atoms with Gasteiger partial charge in [0.25, 0.3) is 0 Å². The van der Waals surface area contributed by atoms with Crippen molar-refractivity contribution in [1.82, 2.24) is 0 Å². The van der Waals surface area contributed by atoms with Crippen molar-refractivity contribution in [3.8, 4) is 0 Å². The predicted octanol–water partition coefficient (Wildman–Crippen LogP) is -5.71. The van der Waals surface area contributed by atoms with Crippen molar-refractivity contribution in [3.63, 3.8) is 0 Å². The molecular formula is C6H10LiNO5. The van der Waals surface area contributed by atoms with E-state index in [1.807, 2.05) is 0 Å². The van der Waals surface area contributed by atoms with Gasteiger partial charge in [0.15, 0.2) is 0 Å². The van der Waals surface area contributed by atoms with E-state index in [1.165, 1.54) is 0 Å². The third-order valence-corrected chi connectivity index (χ3v) is 1.43. The molecule has 0 amide bonds. The van der Waals surface area contributed by atoms with Crippen molar-refractivity contribution in [2.45, 2.75) is 18.4 Å². The van der Waals surface area contributed by atoms with Crippen molar-refractivity contribution in [2.24, 2.45) is 5.73 Å². The van der Waals surface area contributed by atoms with E-state index in [-0.39, 0.29) is 31.8 Å². The minimum atomic E-state index is -2.81. The smallest absolute Gasteiger partial charge is 0.546 e. The Labute approximate surface area is 86.9 Å². The summed E-state index contributed by atoms with van der Waals surface area (Å²) in [5.74, 6) is -3.83. The van der Waals surface area contributed by atoms with Crippen molar-refractivity contribution in [3.05, 3.63) is 0 Å². The molecule has 6 nitrogen and oxygen atoms in total. The number of nitrogens with two attached hydrogens (primary N) is 1. The summed E-state index contributed by atoms with van der Waals surface area (Å²) in [4.78, 5) is 20.4. The maximum absolute atomic E-state index is 10.3. The summed E-state index contributed by atoms with van der Waals surface area (Å²) in [7, 11) is 0. The third kappa shape index (κ3) is 3.78. The van der Waals surface area contributed by atoms with Crippen LogP contribution in [0.25, 0.3) is 0 Å². The van der Waals surface area contributed by atoms with E-state index in [2.05, 4.69) is 0 Å². The zero-order valence-corrected chi connectivity index (χ0v) is 7.32. The fourth-order valence-corrected chi connectivity index (χ4v) is 0.654. The fourth-order valence-electron chi connectivity index (χ4n) is 0.654. The number of carbonyl (C=O) groups excluding carboxylic acids is 1. The molecule has 1 unspecified atom stereocenters. The molecule has 0 bridgehead atoms. The van der Waals surface area contributed by atoms with Gasteiger partial charge in [-0.1, -0.05) is 0 Å². The van der Waals surface area contributed by atoms with Gasteiger partial charge in [-0.3, -0.25) is 0 Å². The number of carboxylic acid groups (broad SMARTS) is 2. The molecule has 70 valence electrons. The number of hydrogen-bond donors (Lipinski definition) is 3. The first-order valence-corrected chi connectivity index (χ1v) is 3.32. The molecule has 0 aromatic carbocycles. The summed E-state index contributed by atoms with van der Waals surface area (Å²) in [6.07, 6.45) is -0.335. The topological polar surface area (TPSA) is 124 Å². The van der Waals surface area contributed by atoms with Crippen LogP contribution in [0.3, 0.4) is 0 Å². The normalized spacial score (nSPS) is 14.0. The van der Waals surface area contributed by atoms with Gasteiger partial charge in [-0.15, -0.1) is 0 Å². The van der Waals surface area contributed by atoms with E-state index in [0.29, 0.717) is 0 Å². The maximum Gasteiger partial charge on any atom is 1.00 e. The zero-order valence-electron chi connectivity index (χ0n) is 7.32. The molecule has 0 aliphatic heterocycles. The molecule has 0 saturated carbocycles. The van der Waals surface area contributed by atoms with Gasteiger partial charge in [-0.25, -0.2) is 4.79 Å². The van der Waals surface area contributed by atoms with Gasteiger partial charge in [0, 0.05) is 0 Å². The average Bonchev–Trinajstić information content (AvgIpc) is 1.99. The molecule has 0 saturated heterocycles. The van der Waals surface area contributed by atoms with E-state index in [9.17, 15) is 14.7 Å². The van der Waals surface area contributed by atoms with E-state index in [1.54, 1.807) is 0 Å². The summed E-state index contributed by atoms with van der Waals surface area (Å²) >= 11 is 0. The van der Waals surface area contributed by atoms with Crippen LogP contribution in [0.4, 0.5) is 0 Å². The second-order valence-electron chi connectivity index (χ2n) is 2.35. The first kappa shape index (κ1) is 15.0. The van der Waals surface area contributed by atoms with Crippen molar-refractivity contribution in [2.75, 3.05) is 6.54 Å². The van der Waals surface area contributed by atoms with E-state index < -0.39 is 24.0 Å². The molecule has 7 heteroatoms. The molecule has 0 radical (unpaired) electrons. The number of carbonyl (C=O) groups is 2. The summed E-state index contributed by atoms with van der Waals surface area (Å²) in [6.45, 7) is 0.114. The number of carboxylic acids is 2. The van der Waals surface area contributed by atoms with Crippen molar-refractivity contribution >= 4 is 11.9 Å². The Morgan fingerprint density at radius 2 is 1.92 bits per heavy atom. The molecule has 0 aromatic rings. The molecule has 4 N–H and O–H groups in total. The van der Waals surface area contributed by atoms with Gasteiger partial charge < -0.3 is 25.8 Å². The number of hydrogen-bond acceptors (Lipinski definition) is 5. The second-order valence-corrected chi connectivity index (χ2v) is 2.35. The van der Waals surface area contributed by atoms with Crippen LogP contribution in [-0.2, 0) is 9.59 Å². The van der Waals surface area contributed by atoms with Gasteiger partial charge in [0.2, 0.25) is 5.60 Å². The van der Waals surface area contributed by atoms with Gasteiger partial charge >= 0.3 is 24.8 Å². The minimum absolute atomic E-state index is 0. The van der Waals surface area contributed by atoms with Crippen LogP contribution in [0.1, 0.15) is 12.8 Å². The van der Waals surface area contributed by atoms with E-state index in [0.717, 1.165) is 0 Å². The van der Waals surface area contributed by atoms with Crippen molar-refractivity contribution in [1.29, 1.82) is 0 Å². The maximum atomic E-state index is 10.3. The monoisotopic (exact) mass is 183 g/mol. The molecule has 13 heavy (non-hydrogen) atoms. The van der Waals surface area contributed by atoms with Crippen LogP contribution in [-0.4, -0.2) is 34.3 Å². The standard InChI is InChI=1S/C6H11NO5.Li/c7-3-1-2-6(12,4(8)9)5(10)11;/h12H,1-3,7H2,(H,8,9)(H,10,11);/q;+1/p-1. The second kappa shape index (κ2) is 5.99. The fraction of sp³-hybridized carbons (Fsp3) is 0.667. The van der Waals surface area contributed by atoms with Gasteiger partial charge in [-0.2, -0.15) is 0 Å². The van der Waals surface area contributed by atoms with Crippen molar-refractivity contribution < 1.29 is 43.8 Å². The molecular weight excluding hydrogens is 173 g/mol. The number of aliphatic carboxylic acids is 2. The summed E-state index contributed by atoms with van der Waals surface area (Å²) in [5.41, 5.74) is 2.21. The van der Waals surface area contributed by atoms with Gasteiger partial charge in [0.05, 0.1) is 5.97 Å². The quantitative estimate of drug-likeness (QED) is 0.288. The SMILES string of the molecule is NCCCC(O)(C(=O)[O-])C(=O)O.[Li+]. The number of rotatable bonds is 5. The van der Waals surface area contributed by atoms with Crippen LogP contribution in [0.15, 0.2) is 0 Å². The Kier molecular flexibility index (Phi) is 6.90. The van der Waals surface area contributed by atoms with E-state index >= 15 is 0 Å². The van der Waals surface area contributed by atoms with Crippen LogP contribution in [0.2, 0.25) is 0 Å². The zero-order chi connectivity index (χ0) is 9.78. The minimum Gasteiger partial charge on any atom is -0.546 e. The molecule has 0 heterocycles. The molecule has 0 aliphatic rings. The van der Waals surface area contributed by atoms with Crippen LogP contribution < -0.4 is 29.7 Å². The molecule has 0 aliphatic carbocycles.